The van der Waals surface area contributed by atoms with E-state index in [1.54, 1.807) is 6.07 Å². The van der Waals surface area contributed by atoms with E-state index in [9.17, 15) is 30.7 Å². The molecule has 0 aliphatic rings. The third-order valence-electron chi connectivity index (χ3n) is 3.94. The van der Waals surface area contributed by atoms with Crippen LogP contribution in [0.15, 0.2) is 36.4 Å². The summed E-state index contributed by atoms with van der Waals surface area (Å²) in [5.41, 5.74) is -3.00. The van der Waals surface area contributed by atoms with Crippen molar-refractivity contribution in [2.45, 2.75) is 51.8 Å². The van der Waals surface area contributed by atoms with Crippen LogP contribution in [0.25, 0.3) is 0 Å². The number of alkyl halides is 6. The predicted molar refractivity (Wildman–Crippen MR) is 93.8 cm³/mol. The van der Waals surface area contributed by atoms with E-state index in [0.29, 0.717) is 24.2 Å². The first kappa shape index (κ1) is 23.0. The molecule has 0 saturated carbocycles. The Balaban J connectivity index is 2.19. The summed E-state index contributed by atoms with van der Waals surface area (Å²) < 4.78 is 96.9. The normalized spacial score (nSPS) is 12.9. The van der Waals surface area contributed by atoms with Gasteiger partial charge in [0.1, 0.15) is 6.61 Å². The van der Waals surface area contributed by atoms with Gasteiger partial charge in [0.15, 0.2) is 11.6 Å². The Morgan fingerprint density at radius 2 is 1.52 bits per heavy atom. The van der Waals surface area contributed by atoms with Gasteiger partial charge in [-0.05, 0) is 50.6 Å². The van der Waals surface area contributed by atoms with Crippen LogP contribution in [0.3, 0.4) is 0 Å². The highest BCUT2D eigenvalue weighted by atomic mass is 19.4. The number of benzene rings is 2. The second-order valence-electron chi connectivity index (χ2n) is 7.52. The van der Waals surface area contributed by atoms with Crippen LogP contribution in [-0.4, -0.2) is 5.54 Å². The van der Waals surface area contributed by atoms with Gasteiger partial charge in [0.05, 0.1) is 11.1 Å². The lowest BCUT2D eigenvalue weighted by molar-refractivity contribution is -0.143. The summed E-state index contributed by atoms with van der Waals surface area (Å²) in [7, 11) is 0. The van der Waals surface area contributed by atoms with Gasteiger partial charge in [0.25, 0.3) is 0 Å². The van der Waals surface area contributed by atoms with Crippen LogP contribution in [-0.2, 0) is 25.5 Å². The smallest absolute Gasteiger partial charge is 0.416 e. The van der Waals surface area contributed by atoms with E-state index in [1.165, 1.54) is 12.1 Å². The monoisotopic (exact) mass is 423 g/mol. The number of nitrogens with one attached hydrogen (secondary N) is 1. The standard InChI is InChI=1S/C20H20F7NO/c1-18(2,3)28-10-12-4-7-17(16(21)8-12)29-11-13-5-6-14(19(22,23)24)9-15(13)20(25,26)27/h4-9,28H,10-11H2,1-3H3. The minimum absolute atomic E-state index is 0.0241. The number of hydrogen-bond donors (Lipinski definition) is 1. The Morgan fingerprint density at radius 3 is 2.03 bits per heavy atom. The number of halogens is 7. The molecule has 0 amide bonds. The van der Waals surface area contributed by atoms with Crippen LogP contribution < -0.4 is 10.1 Å². The molecule has 0 bridgehead atoms. The van der Waals surface area contributed by atoms with E-state index in [4.69, 9.17) is 4.74 Å². The summed E-state index contributed by atoms with van der Waals surface area (Å²) in [6.07, 6.45) is -9.93. The zero-order valence-electron chi connectivity index (χ0n) is 15.9. The highest BCUT2D eigenvalue weighted by Crippen LogP contribution is 2.37. The Kier molecular flexibility index (Phi) is 6.51. The lowest BCUT2D eigenvalue weighted by atomic mass is 10.0. The summed E-state index contributed by atoms with van der Waals surface area (Å²) in [4.78, 5) is 0. The van der Waals surface area contributed by atoms with Gasteiger partial charge in [-0.25, -0.2) is 4.39 Å². The molecule has 0 aromatic heterocycles. The average Bonchev–Trinajstić information content (AvgIpc) is 2.56. The summed E-state index contributed by atoms with van der Waals surface area (Å²) in [6.45, 7) is 5.44. The maximum absolute atomic E-state index is 14.2. The summed E-state index contributed by atoms with van der Waals surface area (Å²) >= 11 is 0. The Hall–Kier alpha value is -2.29. The fourth-order valence-electron chi connectivity index (χ4n) is 2.44. The van der Waals surface area contributed by atoms with E-state index >= 15 is 0 Å². The summed E-state index contributed by atoms with van der Waals surface area (Å²) in [5, 5.41) is 3.16. The average molecular weight is 423 g/mol. The molecule has 160 valence electrons. The van der Waals surface area contributed by atoms with Crippen molar-refractivity contribution in [3.63, 3.8) is 0 Å². The Labute approximate surface area is 163 Å². The van der Waals surface area contributed by atoms with Crippen molar-refractivity contribution in [1.82, 2.24) is 5.32 Å². The molecule has 2 nitrogen and oxygen atoms in total. The van der Waals surface area contributed by atoms with Crippen LogP contribution >= 0.6 is 0 Å². The van der Waals surface area contributed by atoms with E-state index in [2.05, 4.69) is 5.32 Å². The van der Waals surface area contributed by atoms with Crippen LogP contribution in [0, 0.1) is 5.82 Å². The zero-order chi connectivity index (χ0) is 22.0. The largest absolute Gasteiger partial charge is 0.486 e. The van der Waals surface area contributed by atoms with Gasteiger partial charge in [0.2, 0.25) is 0 Å². The van der Waals surface area contributed by atoms with Crippen LogP contribution in [0.2, 0.25) is 0 Å². The fraction of sp³-hybridized carbons (Fsp3) is 0.400. The highest BCUT2D eigenvalue weighted by molar-refractivity contribution is 5.36. The van der Waals surface area contributed by atoms with Crippen LogP contribution in [0.4, 0.5) is 30.7 Å². The molecule has 0 spiro atoms. The molecule has 0 fully saturated rings. The summed E-state index contributed by atoms with van der Waals surface area (Å²) in [6, 6.07) is 5.25. The maximum Gasteiger partial charge on any atom is 0.416 e. The second-order valence-corrected chi connectivity index (χ2v) is 7.52. The van der Waals surface area contributed by atoms with Crippen molar-refractivity contribution in [1.29, 1.82) is 0 Å². The lowest BCUT2D eigenvalue weighted by Crippen LogP contribution is -2.35. The number of rotatable bonds is 5. The molecule has 0 atom stereocenters. The minimum Gasteiger partial charge on any atom is -0.486 e. The third kappa shape index (κ3) is 6.62. The van der Waals surface area contributed by atoms with Crippen molar-refractivity contribution in [2.24, 2.45) is 0 Å². The molecule has 0 radical (unpaired) electrons. The molecule has 2 rings (SSSR count). The molecule has 29 heavy (non-hydrogen) atoms. The molecule has 0 saturated heterocycles. The van der Waals surface area contributed by atoms with Crippen LogP contribution in [0.5, 0.6) is 5.75 Å². The van der Waals surface area contributed by atoms with Crippen molar-refractivity contribution >= 4 is 0 Å². The SMILES string of the molecule is CC(C)(C)NCc1ccc(OCc2ccc(C(F)(F)F)cc2C(F)(F)F)c(F)c1. The van der Waals surface area contributed by atoms with Gasteiger partial charge >= 0.3 is 12.4 Å². The van der Waals surface area contributed by atoms with E-state index in [1.807, 2.05) is 20.8 Å². The Morgan fingerprint density at radius 1 is 0.862 bits per heavy atom. The van der Waals surface area contributed by atoms with Gasteiger partial charge in [-0.2, -0.15) is 26.3 Å². The molecule has 0 unspecified atom stereocenters. The molecule has 1 N–H and O–H groups in total. The van der Waals surface area contributed by atoms with Gasteiger partial charge in [-0.3, -0.25) is 0 Å². The molecule has 0 heterocycles. The second kappa shape index (κ2) is 8.22. The molecule has 9 heteroatoms. The van der Waals surface area contributed by atoms with E-state index < -0.39 is 41.5 Å². The fourth-order valence-corrected chi connectivity index (χ4v) is 2.44. The van der Waals surface area contributed by atoms with Gasteiger partial charge < -0.3 is 10.1 Å². The minimum atomic E-state index is -5.01. The van der Waals surface area contributed by atoms with Crippen molar-refractivity contribution in [2.75, 3.05) is 0 Å². The zero-order valence-corrected chi connectivity index (χ0v) is 15.9. The molecule has 0 aliphatic heterocycles. The van der Waals surface area contributed by atoms with Crippen LogP contribution in [0.1, 0.15) is 43.0 Å². The molecule has 0 aliphatic carbocycles. The predicted octanol–water partition coefficient (Wildman–Crippen LogP) is 6.33. The number of hydrogen-bond acceptors (Lipinski definition) is 2. The van der Waals surface area contributed by atoms with Gasteiger partial charge in [-0.1, -0.05) is 12.1 Å². The van der Waals surface area contributed by atoms with E-state index in [0.717, 1.165) is 0 Å². The first-order valence-electron chi connectivity index (χ1n) is 8.60. The van der Waals surface area contributed by atoms with Crippen molar-refractivity contribution < 1.29 is 35.5 Å². The van der Waals surface area contributed by atoms with E-state index in [-0.39, 0.29) is 17.4 Å². The topological polar surface area (TPSA) is 21.3 Å². The summed E-state index contributed by atoms with van der Waals surface area (Å²) in [5.74, 6) is -1.07. The Bertz CT molecular complexity index is 851. The molecular weight excluding hydrogens is 403 g/mol. The lowest BCUT2D eigenvalue weighted by Gasteiger charge is -2.20. The quantitative estimate of drug-likeness (QED) is 0.568. The first-order valence-corrected chi connectivity index (χ1v) is 8.60. The first-order chi connectivity index (χ1) is 13.2. The van der Waals surface area contributed by atoms with Crippen molar-refractivity contribution in [3.05, 3.63) is 64.5 Å². The molecule has 2 aromatic carbocycles. The third-order valence-corrected chi connectivity index (χ3v) is 3.94. The van der Waals surface area contributed by atoms with Gasteiger partial charge in [-0.15, -0.1) is 0 Å². The van der Waals surface area contributed by atoms with Crippen molar-refractivity contribution in [3.8, 4) is 5.75 Å². The van der Waals surface area contributed by atoms with Gasteiger partial charge in [0, 0.05) is 17.6 Å². The maximum atomic E-state index is 14.2. The highest BCUT2D eigenvalue weighted by Gasteiger charge is 2.38. The molecular formula is C20H20F7NO. The number of ether oxygens (including phenoxy) is 1. The molecule has 2 aromatic rings.